The Balaban J connectivity index is 1.75. The standard InChI is InChI=1S/C20H22N12O4/c1-22-16-25-15(21)26-20(30-16)32(10-4-6-12(34)14(36)8-10)31-19-28-17(23-2)27-18(29-19)24-9-3-5-11(33)13(35)7-9/h3-8,33-36H,1-2H3,(H3,21,22,25,26,30)(H3,23,24,27,28,29,31). The fourth-order valence-corrected chi connectivity index (χ4v) is 2.90. The van der Waals surface area contributed by atoms with Crippen LogP contribution in [0.25, 0.3) is 0 Å². The van der Waals surface area contributed by atoms with Gasteiger partial charge in [0.1, 0.15) is 0 Å². The van der Waals surface area contributed by atoms with E-state index in [0.717, 1.165) is 0 Å². The van der Waals surface area contributed by atoms with Gasteiger partial charge in [0.15, 0.2) is 23.0 Å². The van der Waals surface area contributed by atoms with Gasteiger partial charge in [-0.25, -0.2) is 5.01 Å². The van der Waals surface area contributed by atoms with E-state index in [4.69, 9.17) is 5.73 Å². The molecule has 0 bridgehead atoms. The maximum atomic E-state index is 10.1. The van der Waals surface area contributed by atoms with Crippen LogP contribution in [0.15, 0.2) is 36.4 Å². The summed E-state index contributed by atoms with van der Waals surface area (Å²) in [5, 5.41) is 48.9. The highest BCUT2D eigenvalue weighted by Gasteiger charge is 2.19. The highest BCUT2D eigenvalue weighted by molar-refractivity contribution is 5.67. The molecular weight excluding hydrogens is 472 g/mol. The number of phenolic OH excluding ortho intramolecular Hbond substituents is 4. The first kappa shape index (κ1) is 23.6. The highest BCUT2D eigenvalue weighted by Crippen LogP contribution is 2.33. The summed E-state index contributed by atoms with van der Waals surface area (Å²) in [4.78, 5) is 25.2. The van der Waals surface area contributed by atoms with Crippen molar-refractivity contribution in [2.75, 3.05) is 46.2 Å². The Morgan fingerprint density at radius 3 is 1.94 bits per heavy atom. The molecule has 16 heteroatoms. The number of nitrogens with zero attached hydrogens (tertiary/aromatic N) is 7. The van der Waals surface area contributed by atoms with Crippen molar-refractivity contribution in [2.45, 2.75) is 0 Å². The number of rotatable bonds is 8. The Labute approximate surface area is 203 Å². The molecule has 0 saturated heterocycles. The second-order valence-electron chi connectivity index (χ2n) is 7.07. The number of hydrogen-bond acceptors (Lipinski definition) is 16. The molecule has 0 aliphatic carbocycles. The van der Waals surface area contributed by atoms with Crippen LogP contribution in [0.5, 0.6) is 23.0 Å². The topological polar surface area (TPSA) is 236 Å². The molecule has 2 aromatic heterocycles. The largest absolute Gasteiger partial charge is 0.504 e. The zero-order valence-electron chi connectivity index (χ0n) is 19.0. The molecule has 0 aliphatic heterocycles. The van der Waals surface area contributed by atoms with Gasteiger partial charge in [-0.3, -0.25) is 5.43 Å². The summed E-state index contributed by atoms with van der Waals surface area (Å²) < 4.78 is 0. The molecule has 0 radical (unpaired) electrons. The van der Waals surface area contributed by atoms with Crippen LogP contribution in [0, 0.1) is 0 Å². The molecule has 0 spiro atoms. The zero-order chi connectivity index (χ0) is 25.8. The third-order valence-electron chi connectivity index (χ3n) is 4.58. The molecule has 4 aromatic rings. The van der Waals surface area contributed by atoms with Gasteiger partial charge >= 0.3 is 0 Å². The number of benzene rings is 2. The van der Waals surface area contributed by atoms with Gasteiger partial charge in [0.05, 0.1) is 5.69 Å². The molecule has 0 fully saturated rings. The van der Waals surface area contributed by atoms with Crippen molar-refractivity contribution in [1.29, 1.82) is 0 Å². The van der Waals surface area contributed by atoms with Crippen molar-refractivity contribution in [1.82, 2.24) is 29.9 Å². The SMILES string of the molecule is CNc1nc(Nc2ccc(O)c(O)c2)nc(NN(c2ccc(O)c(O)c2)c2nc(N)nc(NC)n2)n1. The van der Waals surface area contributed by atoms with Crippen molar-refractivity contribution in [3.63, 3.8) is 0 Å². The van der Waals surface area contributed by atoms with Gasteiger partial charge in [-0.15, -0.1) is 0 Å². The number of nitrogens with two attached hydrogens (primary N) is 1. The van der Waals surface area contributed by atoms with E-state index in [2.05, 4.69) is 51.3 Å². The van der Waals surface area contributed by atoms with Crippen LogP contribution < -0.4 is 32.1 Å². The maximum absolute atomic E-state index is 10.1. The van der Waals surface area contributed by atoms with E-state index in [1.807, 2.05) is 0 Å². The van der Waals surface area contributed by atoms with Crippen LogP contribution in [-0.4, -0.2) is 64.4 Å². The summed E-state index contributed by atoms with van der Waals surface area (Å²) in [7, 11) is 3.21. The number of aromatic hydroxyl groups is 4. The fourth-order valence-electron chi connectivity index (χ4n) is 2.90. The number of nitrogen functional groups attached to an aromatic ring is 1. The number of anilines is 8. The molecule has 0 saturated carbocycles. The first-order valence-corrected chi connectivity index (χ1v) is 10.3. The van der Waals surface area contributed by atoms with Gasteiger partial charge in [-0.05, 0) is 24.3 Å². The van der Waals surface area contributed by atoms with Gasteiger partial charge < -0.3 is 42.1 Å². The molecular formula is C20H22N12O4. The van der Waals surface area contributed by atoms with E-state index >= 15 is 0 Å². The predicted molar refractivity (Wildman–Crippen MR) is 132 cm³/mol. The molecule has 10 N–H and O–H groups in total. The monoisotopic (exact) mass is 494 g/mol. The lowest BCUT2D eigenvalue weighted by molar-refractivity contribution is 0.404. The number of nitrogens with one attached hydrogen (secondary N) is 4. The Morgan fingerprint density at radius 1 is 0.667 bits per heavy atom. The first-order valence-electron chi connectivity index (χ1n) is 10.3. The normalized spacial score (nSPS) is 10.5. The van der Waals surface area contributed by atoms with E-state index in [9.17, 15) is 20.4 Å². The molecule has 0 amide bonds. The van der Waals surface area contributed by atoms with E-state index < -0.39 is 5.75 Å². The second kappa shape index (κ2) is 9.75. The van der Waals surface area contributed by atoms with E-state index in [0.29, 0.717) is 11.4 Å². The van der Waals surface area contributed by atoms with Crippen LogP contribution in [0.4, 0.5) is 47.1 Å². The quantitative estimate of drug-likeness (QED) is 0.0957. The van der Waals surface area contributed by atoms with Crippen LogP contribution in [0.2, 0.25) is 0 Å². The molecule has 36 heavy (non-hydrogen) atoms. The molecule has 4 rings (SSSR count). The maximum Gasteiger partial charge on any atom is 0.255 e. The minimum atomic E-state index is -0.392. The third-order valence-corrected chi connectivity index (χ3v) is 4.58. The molecule has 16 nitrogen and oxygen atoms in total. The zero-order valence-corrected chi connectivity index (χ0v) is 19.0. The average molecular weight is 494 g/mol. The van der Waals surface area contributed by atoms with Crippen LogP contribution >= 0.6 is 0 Å². The van der Waals surface area contributed by atoms with Crippen molar-refractivity contribution in [3.05, 3.63) is 36.4 Å². The molecule has 2 heterocycles. The Bertz CT molecular complexity index is 1400. The minimum absolute atomic E-state index is 0.0115. The van der Waals surface area contributed by atoms with Crippen molar-refractivity contribution < 1.29 is 20.4 Å². The van der Waals surface area contributed by atoms with E-state index in [-0.39, 0.29) is 52.9 Å². The lowest BCUT2D eigenvalue weighted by Crippen LogP contribution is -2.29. The van der Waals surface area contributed by atoms with Gasteiger partial charge in [-0.2, -0.15) is 29.9 Å². The molecule has 2 aromatic carbocycles. The van der Waals surface area contributed by atoms with E-state index in [1.165, 1.54) is 41.4 Å². The summed E-state index contributed by atoms with van der Waals surface area (Å²) in [5.74, 6) is -0.944. The number of hydrazine groups is 1. The van der Waals surface area contributed by atoms with Crippen LogP contribution in [-0.2, 0) is 0 Å². The summed E-state index contributed by atoms with van der Waals surface area (Å²) in [5.41, 5.74) is 9.45. The number of hydrogen-bond donors (Lipinski definition) is 9. The minimum Gasteiger partial charge on any atom is -0.504 e. The van der Waals surface area contributed by atoms with E-state index in [1.54, 1.807) is 14.1 Å². The summed E-state index contributed by atoms with van der Waals surface area (Å²) in [6.07, 6.45) is 0. The predicted octanol–water partition coefficient (Wildman–Crippen LogP) is 1.45. The molecule has 186 valence electrons. The van der Waals surface area contributed by atoms with Crippen LogP contribution in [0.1, 0.15) is 0 Å². The summed E-state index contributed by atoms with van der Waals surface area (Å²) in [6, 6.07) is 8.15. The number of phenols is 4. The molecule has 0 aliphatic rings. The smallest absolute Gasteiger partial charge is 0.255 e. The van der Waals surface area contributed by atoms with Gasteiger partial charge in [0, 0.05) is 31.9 Å². The molecule has 0 atom stereocenters. The number of aromatic nitrogens is 6. The van der Waals surface area contributed by atoms with Gasteiger partial charge in [0.25, 0.3) is 5.95 Å². The summed E-state index contributed by atoms with van der Waals surface area (Å²) >= 11 is 0. The second-order valence-corrected chi connectivity index (χ2v) is 7.07. The molecule has 0 unspecified atom stereocenters. The Kier molecular flexibility index (Phi) is 6.40. The van der Waals surface area contributed by atoms with Crippen molar-refractivity contribution in [3.8, 4) is 23.0 Å². The first-order chi connectivity index (χ1) is 17.2. The fraction of sp³-hybridized carbons (Fsp3) is 0.100. The lowest BCUT2D eigenvalue weighted by Gasteiger charge is -2.24. The van der Waals surface area contributed by atoms with Gasteiger partial charge in [-0.1, -0.05) is 0 Å². The van der Waals surface area contributed by atoms with Crippen LogP contribution in [0.3, 0.4) is 0 Å². The van der Waals surface area contributed by atoms with Crippen molar-refractivity contribution in [2.24, 2.45) is 0 Å². The Hall–Kier alpha value is -5.54. The van der Waals surface area contributed by atoms with Gasteiger partial charge in [0.2, 0.25) is 29.7 Å². The third kappa shape index (κ3) is 5.16. The summed E-state index contributed by atoms with van der Waals surface area (Å²) in [6.45, 7) is 0. The highest BCUT2D eigenvalue weighted by atomic mass is 16.3. The van der Waals surface area contributed by atoms with Crippen molar-refractivity contribution >= 4 is 47.1 Å². The average Bonchev–Trinajstić information content (AvgIpc) is 2.86. The Morgan fingerprint density at radius 2 is 1.28 bits per heavy atom. The lowest BCUT2D eigenvalue weighted by atomic mass is 10.2.